The van der Waals surface area contributed by atoms with Crippen LogP contribution in [0.5, 0.6) is 5.75 Å². The van der Waals surface area contributed by atoms with Crippen molar-refractivity contribution in [1.29, 1.82) is 0 Å². The standard InChI is InChI=1S/C19H11Cl3N2O2/c1-9-8-23-18(22)16-12-7-11(3-5-15(12)24-17(9)16)26-19(25)10-2-4-13(20)14(21)6-10/h2-8,24H,1H3. The third kappa shape index (κ3) is 2.90. The van der Waals surface area contributed by atoms with Crippen molar-refractivity contribution in [3.8, 4) is 5.75 Å². The van der Waals surface area contributed by atoms with Crippen molar-refractivity contribution in [2.75, 3.05) is 0 Å². The second-order valence-electron chi connectivity index (χ2n) is 5.83. The van der Waals surface area contributed by atoms with Crippen LogP contribution in [0, 0.1) is 6.92 Å². The summed E-state index contributed by atoms with van der Waals surface area (Å²) in [6, 6.07) is 9.89. The Kier molecular flexibility index (Phi) is 4.27. The van der Waals surface area contributed by atoms with Gasteiger partial charge < -0.3 is 9.72 Å². The summed E-state index contributed by atoms with van der Waals surface area (Å²) in [6.07, 6.45) is 1.71. The number of pyridine rings is 1. The average Bonchev–Trinajstić information content (AvgIpc) is 3.00. The number of ether oxygens (including phenoxy) is 1. The first kappa shape index (κ1) is 17.2. The van der Waals surface area contributed by atoms with E-state index in [1.165, 1.54) is 6.07 Å². The number of carbonyl (C=O) groups is 1. The first-order valence-corrected chi connectivity index (χ1v) is 8.81. The number of nitrogens with zero attached hydrogens (tertiary/aromatic N) is 1. The molecule has 0 aliphatic heterocycles. The number of aryl methyl sites for hydroxylation is 1. The summed E-state index contributed by atoms with van der Waals surface area (Å²) in [4.78, 5) is 19.9. The maximum Gasteiger partial charge on any atom is 0.343 e. The lowest BCUT2D eigenvalue weighted by Gasteiger charge is -2.06. The highest BCUT2D eigenvalue weighted by Crippen LogP contribution is 2.34. The first-order chi connectivity index (χ1) is 12.4. The molecule has 26 heavy (non-hydrogen) atoms. The first-order valence-electron chi connectivity index (χ1n) is 7.68. The van der Waals surface area contributed by atoms with Gasteiger partial charge in [-0.2, -0.15) is 0 Å². The topological polar surface area (TPSA) is 55.0 Å². The van der Waals surface area contributed by atoms with Crippen molar-refractivity contribution in [2.45, 2.75) is 6.92 Å². The molecule has 0 amide bonds. The van der Waals surface area contributed by atoms with E-state index >= 15 is 0 Å². The van der Waals surface area contributed by atoms with Gasteiger partial charge in [-0.05, 0) is 48.9 Å². The van der Waals surface area contributed by atoms with Gasteiger partial charge in [0.05, 0.1) is 21.1 Å². The molecule has 7 heteroatoms. The van der Waals surface area contributed by atoms with Gasteiger partial charge in [0, 0.05) is 22.5 Å². The largest absolute Gasteiger partial charge is 0.423 e. The van der Waals surface area contributed by atoms with E-state index in [1.807, 2.05) is 13.0 Å². The minimum absolute atomic E-state index is 0.293. The van der Waals surface area contributed by atoms with Crippen LogP contribution in [-0.4, -0.2) is 15.9 Å². The van der Waals surface area contributed by atoms with Gasteiger partial charge in [0.2, 0.25) is 0 Å². The Hall–Kier alpha value is -2.27. The van der Waals surface area contributed by atoms with Crippen molar-refractivity contribution >= 4 is 62.6 Å². The quantitative estimate of drug-likeness (QED) is 0.245. The fourth-order valence-corrected chi connectivity index (χ4v) is 3.36. The highest BCUT2D eigenvalue weighted by atomic mass is 35.5. The van der Waals surface area contributed by atoms with Crippen molar-refractivity contribution < 1.29 is 9.53 Å². The van der Waals surface area contributed by atoms with Crippen LogP contribution in [0.1, 0.15) is 15.9 Å². The normalized spacial score (nSPS) is 11.2. The van der Waals surface area contributed by atoms with Gasteiger partial charge in [0.1, 0.15) is 10.9 Å². The van der Waals surface area contributed by atoms with E-state index in [1.54, 1.807) is 30.5 Å². The Morgan fingerprint density at radius 3 is 2.65 bits per heavy atom. The van der Waals surface area contributed by atoms with E-state index in [2.05, 4.69) is 9.97 Å². The molecule has 130 valence electrons. The van der Waals surface area contributed by atoms with Gasteiger partial charge in [0.15, 0.2) is 0 Å². The molecular formula is C19H11Cl3N2O2. The summed E-state index contributed by atoms with van der Waals surface area (Å²) in [5.74, 6) is -0.129. The molecule has 0 saturated heterocycles. The summed E-state index contributed by atoms with van der Waals surface area (Å²) >= 11 is 18.1. The Bertz CT molecular complexity index is 1180. The number of aromatic amines is 1. The summed E-state index contributed by atoms with van der Waals surface area (Å²) in [5, 5.41) is 2.70. The van der Waals surface area contributed by atoms with Gasteiger partial charge in [-0.1, -0.05) is 34.8 Å². The number of nitrogens with one attached hydrogen (secondary N) is 1. The number of esters is 1. The fourth-order valence-electron chi connectivity index (χ4n) is 2.82. The lowest BCUT2D eigenvalue weighted by atomic mass is 10.1. The number of benzene rings is 2. The zero-order valence-corrected chi connectivity index (χ0v) is 15.7. The van der Waals surface area contributed by atoms with E-state index in [0.717, 1.165) is 27.4 Å². The number of carbonyl (C=O) groups excluding carboxylic acids is 1. The third-order valence-corrected chi connectivity index (χ3v) is 5.13. The molecule has 0 radical (unpaired) electrons. The van der Waals surface area contributed by atoms with Crippen LogP contribution in [0.15, 0.2) is 42.6 Å². The van der Waals surface area contributed by atoms with E-state index in [0.29, 0.717) is 26.5 Å². The van der Waals surface area contributed by atoms with Crippen LogP contribution >= 0.6 is 34.8 Å². The molecule has 2 aromatic carbocycles. The smallest absolute Gasteiger partial charge is 0.343 e. The zero-order valence-electron chi connectivity index (χ0n) is 13.4. The molecule has 0 aliphatic carbocycles. The summed E-state index contributed by atoms with van der Waals surface area (Å²) in [7, 11) is 0. The molecule has 4 aromatic rings. The molecular weight excluding hydrogens is 395 g/mol. The van der Waals surface area contributed by atoms with E-state index in [9.17, 15) is 4.79 Å². The monoisotopic (exact) mass is 404 g/mol. The molecule has 0 spiro atoms. The molecule has 4 nitrogen and oxygen atoms in total. The molecule has 0 bridgehead atoms. The van der Waals surface area contributed by atoms with Crippen LogP contribution in [-0.2, 0) is 0 Å². The van der Waals surface area contributed by atoms with Crippen LogP contribution in [0.25, 0.3) is 21.8 Å². The molecule has 0 unspecified atom stereocenters. The van der Waals surface area contributed by atoms with Gasteiger partial charge in [-0.3, -0.25) is 0 Å². The van der Waals surface area contributed by atoms with Crippen molar-refractivity contribution in [1.82, 2.24) is 9.97 Å². The van der Waals surface area contributed by atoms with Crippen LogP contribution in [0.2, 0.25) is 15.2 Å². The number of rotatable bonds is 2. The van der Waals surface area contributed by atoms with Gasteiger partial charge in [-0.25, -0.2) is 9.78 Å². The lowest BCUT2D eigenvalue weighted by molar-refractivity contribution is 0.0735. The predicted molar refractivity (Wildman–Crippen MR) is 105 cm³/mol. The van der Waals surface area contributed by atoms with Gasteiger partial charge in [-0.15, -0.1) is 0 Å². The predicted octanol–water partition coefficient (Wildman–Crippen LogP) is 6.20. The molecule has 1 N–H and O–H groups in total. The number of hydrogen-bond acceptors (Lipinski definition) is 3. The third-order valence-electron chi connectivity index (χ3n) is 4.11. The molecule has 2 heterocycles. The van der Waals surface area contributed by atoms with Crippen molar-refractivity contribution in [2.24, 2.45) is 0 Å². The molecule has 2 aromatic heterocycles. The molecule has 0 aliphatic rings. The second kappa shape index (κ2) is 6.47. The second-order valence-corrected chi connectivity index (χ2v) is 7.01. The van der Waals surface area contributed by atoms with E-state index < -0.39 is 5.97 Å². The number of halogens is 3. The number of aromatic nitrogens is 2. The van der Waals surface area contributed by atoms with E-state index in [4.69, 9.17) is 39.5 Å². The molecule has 0 atom stereocenters. The van der Waals surface area contributed by atoms with Gasteiger partial charge in [0.25, 0.3) is 0 Å². The highest BCUT2D eigenvalue weighted by Gasteiger charge is 2.14. The zero-order chi connectivity index (χ0) is 18.4. The Morgan fingerprint density at radius 2 is 1.88 bits per heavy atom. The Morgan fingerprint density at radius 1 is 1.08 bits per heavy atom. The molecule has 0 saturated carbocycles. The van der Waals surface area contributed by atoms with Crippen LogP contribution < -0.4 is 4.74 Å². The Labute approximate surface area is 163 Å². The van der Waals surface area contributed by atoms with Crippen molar-refractivity contribution in [3.63, 3.8) is 0 Å². The summed E-state index contributed by atoms with van der Waals surface area (Å²) in [5.41, 5.74) is 3.09. The van der Waals surface area contributed by atoms with Gasteiger partial charge >= 0.3 is 5.97 Å². The minimum atomic E-state index is -0.525. The highest BCUT2D eigenvalue weighted by molar-refractivity contribution is 6.42. The number of fused-ring (bicyclic) bond motifs is 3. The lowest BCUT2D eigenvalue weighted by Crippen LogP contribution is -2.08. The SMILES string of the molecule is Cc1cnc(Cl)c2c1[nH]c1ccc(OC(=O)c3ccc(Cl)c(Cl)c3)cc12. The van der Waals surface area contributed by atoms with Crippen LogP contribution in [0.3, 0.4) is 0 Å². The maximum atomic E-state index is 12.4. The fraction of sp³-hybridized carbons (Fsp3) is 0.0526. The summed E-state index contributed by atoms with van der Waals surface area (Å²) in [6.45, 7) is 1.95. The molecule has 0 fully saturated rings. The van der Waals surface area contributed by atoms with E-state index in [-0.39, 0.29) is 0 Å². The number of H-pyrrole nitrogens is 1. The average molecular weight is 406 g/mol. The van der Waals surface area contributed by atoms with Crippen LogP contribution in [0.4, 0.5) is 0 Å². The Balaban J connectivity index is 1.75. The molecule has 4 rings (SSSR count). The van der Waals surface area contributed by atoms with Crippen molar-refractivity contribution in [3.05, 3.63) is 68.9 Å². The maximum absolute atomic E-state index is 12.4. The minimum Gasteiger partial charge on any atom is -0.423 e. The summed E-state index contributed by atoms with van der Waals surface area (Å²) < 4.78 is 5.47. The number of hydrogen-bond donors (Lipinski definition) is 1.